The number of carbonyl (C=O) groups is 3. The number of nitrogens with zero attached hydrogens (tertiary/aromatic N) is 1. The van der Waals surface area contributed by atoms with Crippen molar-refractivity contribution < 1.29 is 24.2 Å². The molecule has 0 saturated carbocycles. The number of nitrogens with one attached hydrogen (secondary N) is 1. The lowest BCUT2D eigenvalue weighted by Crippen LogP contribution is -2.50. The van der Waals surface area contributed by atoms with E-state index in [9.17, 15) is 19.5 Å². The summed E-state index contributed by atoms with van der Waals surface area (Å²) in [5, 5.41) is 12.5. The minimum Gasteiger partial charge on any atom is -0.463 e. The second kappa shape index (κ2) is 12.2. The Morgan fingerprint density at radius 3 is 2.65 bits per heavy atom. The van der Waals surface area contributed by atoms with Crippen LogP contribution < -0.4 is 5.32 Å². The van der Waals surface area contributed by atoms with E-state index in [1.54, 1.807) is 4.90 Å². The number of carbonyl (C=O) groups excluding carboxylic acids is 3. The van der Waals surface area contributed by atoms with E-state index in [1.165, 1.54) is 0 Å². The quantitative estimate of drug-likeness (QED) is 0.510. The van der Waals surface area contributed by atoms with Gasteiger partial charge in [-0.25, -0.2) is 0 Å². The molecule has 0 bridgehead atoms. The molecule has 34 heavy (non-hydrogen) atoms. The van der Waals surface area contributed by atoms with Crippen molar-refractivity contribution in [2.45, 2.75) is 70.4 Å². The third kappa shape index (κ3) is 7.42. The molecule has 0 radical (unpaired) electrons. The Morgan fingerprint density at radius 1 is 1.15 bits per heavy atom. The minimum absolute atomic E-state index is 0.0505. The summed E-state index contributed by atoms with van der Waals surface area (Å²) >= 11 is 0. The van der Waals surface area contributed by atoms with Crippen molar-refractivity contribution in [2.75, 3.05) is 19.8 Å². The lowest BCUT2D eigenvalue weighted by Gasteiger charge is -2.30. The summed E-state index contributed by atoms with van der Waals surface area (Å²) in [5.74, 6) is -1.35. The maximum Gasteiger partial charge on any atom is 0.309 e. The van der Waals surface area contributed by atoms with E-state index in [-0.39, 0.29) is 49.4 Å². The molecule has 1 saturated heterocycles. The van der Waals surface area contributed by atoms with Gasteiger partial charge in [-0.05, 0) is 57.9 Å². The fraction of sp³-hybridized carbons (Fsp3) is 0.593. The number of aliphatic hydroxyl groups is 1. The first-order chi connectivity index (χ1) is 16.3. The van der Waals surface area contributed by atoms with Crippen molar-refractivity contribution in [3.63, 3.8) is 0 Å². The van der Waals surface area contributed by atoms with E-state index >= 15 is 0 Å². The number of aliphatic hydroxyl groups excluding tert-OH is 1. The van der Waals surface area contributed by atoms with E-state index in [1.807, 2.05) is 56.3 Å². The molecule has 7 heteroatoms. The van der Waals surface area contributed by atoms with Crippen LogP contribution in [0.4, 0.5) is 0 Å². The molecule has 186 valence electrons. The molecule has 0 aromatic heterocycles. The number of cyclic esters (lactones) is 1. The molecule has 7 nitrogen and oxygen atoms in total. The molecule has 3 unspecified atom stereocenters. The Balaban J connectivity index is 1.70. The largest absolute Gasteiger partial charge is 0.463 e. The highest BCUT2D eigenvalue weighted by molar-refractivity contribution is 5.86. The summed E-state index contributed by atoms with van der Waals surface area (Å²) in [7, 11) is 0. The number of rotatable bonds is 5. The molecule has 2 heterocycles. The van der Waals surface area contributed by atoms with Crippen LogP contribution in [0.2, 0.25) is 0 Å². The first-order valence-corrected chi connectivity index (χ1v) is 12.4. The lowest BCUT2D eigenvalue weighted by molar-refractivity contribution is -0.151. The number of hydrogen-bond acceptors (Lipinski definition) is 5. The molecule has 2 amide bonds. The van der Waals surface area contributed by atoms with Crippen LogP contribution in [0.25, 0.3) is 0 Å². The maximum atomic E-state index is 13.1. The number of hydrogen-bond donors (Lipinski definition) is 2. The van der Waals surface area contributed by atoms with Gasteiger partial charge in [0.25, 0.3) is 0 Å². The Labute approximate surface area is 202 Å². The number of amides is 2. The van der Waals surface area contributed by atoms with Crippen molar-refractivity contribution in [1.82, 2.24) is 10.2 Å². The van der Waals surface area contributed by atoms with Gasteiger partial charge in [0.15, 0.2) is 0 Å². The van der Waals surface area contributed by atoms with Gasteiger partial charge in [0.1, 0.15) is 6.61 Å². The molecule has 2 aliphatic heterocycles. The van der Waals surface area contributed by atoms with Crippen molar-refractivity contribution in [1.29, 1.82) is 0 Å². The molecule has 3 atom stereocenters. The van der Waals surface area contributed by atoms with Gasteiger partial charge >= 0.3 is 5.97 Å². The summed E-state index contributed by atoms with van der Waals surface area (Å²) < 4.78 is 5.65. The average Bonchev–Trinajstić information content (AvgIpc) is 3.30. The average molecular weight is 471 g/mol. The van der Waals surface area contributed by atoms with Crippen molar-refractivity contribution in [3.05, 3.63) is 48.0 Å². The summed E-state index contributed by atoms with van der Waals surface area (Å²) in [4.78, 5) is 40.6. The summed E-state index contributed by atoms with van der Waals surface area (Å²) in [6, 6.07) is 9.75. The molecule has 0 spiro atoms. The van der Waals surface area contributed by atoms with Crippen LogP contribution in [0, 0.1) is 11.8 Å². The fourth-order valence-corrected chi connectivity index (χ4v) is 4.68. The first kappa shape index (κ1) is 25.9. The lowest BCUT2D eigenvalue weighted by atomic mass is 9.94. The Bertz CT molecular complexity index is 867. The normalized spacial score (nSPS) is 26.1. The van der Waals surface area contributed by atoms with Gasteiger partial charge in [0, 0.05) is 13.0 Å². The molecular formula is C27H38N2O5. The second-order valence-electron chi connectivity index (χ2n) is 10.1. The molecule has 2 aliphatic rings. The number of likely N-dealkylation sites (tertiary alicyclic amines) is 1. The number of allylic oxidation sites excluding steroid dienone is 2. The molecule has 2 N–H and O–H groups in total. The van der Waals surface area contributed by atoms with Crippen molar-refractivity contribution in [3.8, 4) is 0 Å². The zero-order valence-electron chi connectivity index (χ0n) is 20.4. The van der Waals surface area contributed by atoms with Gasteiger partial charge in [-0.3, -0.25) is 14.4 Å². The summed E-state index contributed by atoms with van der Waals surface area (Å²) in [6.07, 6.45) is 8.10. The van der Waals surface area contributed by atoms with Crippen molar-refractivity contribution >= 4 is 17.8 Å². The predicted octanol–water partition coefficient (Wildman–Crippen LogP) is 3.01. The number of benzene rings is 1. The monoisotopic (exact) mass is 470 g/mol. The smallest absolute Gasteiger partial charge is 0.309 e. The van der Waals surface area contributed by atoms with E-state index < -0.39 is 11.5 Å². The van der Waals surface area contributed by atoms with Crippen molar-refractivity contribution in [2.24, 2.45) is 11.8 Å². The van der Waals surface area contributed by atoms with Gasteiger partial charge in [-0.1, -0.05) is 42.5 Å². The molecule has 1 aromatic rings. The van der Waals surface area contributed by atoms with E-state index in [0.29, 0.717) is 32.2 Å². The minimum atomic E-state index is -0.760. The second-order valence-corrected chi connectivity index (χ2v) is 10.1. The Kier molecular flexibility index (Phi) is 9.28. The summed E-state index contributed by atoms with van der Waals surface area (Å²) in [5.41, 5.74) is 0.330. The van der Waals surface area contributed by atoms with Crippen LogP contribution in [-0.2, 0) is 25.5 Å². The predicted molar refractivity (Wildman–Crippen MR) is 130 cm³/mol. The molecular weight excluding hydrogens is 432 g/mol. The van der Waals surface area contributed by atoms with Crippen LogP contribution >= 0.6 is 0 Å². The van der Waals surface area contributed by atoms with Gasteiger partial charge in [0.2, 0.25) is 11.8 Å². The van der Waals surface area contributed by atoms with Gasteiger partial charge in [-0.2, -0.15) is 0 Å². The van der Waals surface area contributed by atoms with Gasteiger partial charge < -0.3 is 20.1 Å². The van der Waals surface area contributed by atoms with Crippen LogP contribution in [0.3, 0.4) is 0 Å². The standard InChI is InChI=1S/C27H38N2O5/c1-27(2)19-34-26(33)22(16-20-10-5-3-6-11-20)13-8-4-7-12-21(25(32)28-27)17-24(31)29-15-9-14-23(29)18-30/h3-7,10-11,21-23,30H,8-9,12-19H2,1-2H3,(H,28,32). The van der Waals surface area contributed by atoms with E-state index in [2.05, 4.69) is 5.32 Å². The van der Waals surface area contributed by atoms with Crippen LogP contribution in [-0.4, -0.2) is 59.1 Å². The highest BCUT2D eigenvalue weighted by Gasteiger charge is 2.33. The van der Waals surface area contributed by atoms with E-state index in [0.717, 1.165) is 18.4 Å². The fourth-order valence-electron chi connectivity index (χ4n) is 4.68. The van der Waals surface area contributed by atoms with Gasteiger partial charge in [-0.15, -0.1) is 0 Å². The molecule has 0 aliphatic carbocycles. The van der Waals surface area contributed by atoms with E-state index in [4.69, 9.17) is 4.74 Å². The Morgan fingerprint density at radius 2 is 1.91 bits per heavy atom. The number of ether oxygens (including phenoxy) is 1. The highest BCUT2D eigenvalue weighted by atomic mass is 16.5. The topological polar surface area (TPSA) is 95.9 Å². The zero-order valence-corrected chi connectivity index (χ0v) is 20.4. The third-order valence-electron chi connectivity index (χ3n) is 6.66. The maximum absolute atomic E-state index is 13.1. The number of esters is 1. The molecule has 1 aromatic carbocycles. The summed E-state index contributed by atoms with van der Waals surface area (Å²) in [6.45, 7) is 4.28. The molecule has 1 fully saturated rings. The SMILES string of the molecule is CC1(C)COC(=O)C(Cc2ccccc2)CCC=CCC(CC(=O)N2CCCC2CO)C(=O)N1. The van der Waals surface area contributed by atoms with Gasteiger partial charge in [0.05, 0.1) is 30.0 Å². The molecule has 3 rings (SSSR count). The van der Waals surface area contributed by atoms with Crippen LogP contribution in [0.5, 0.6) is 0 Å². The zero-order chi connectivity index (χ0) is 24.6. The third-order valence-corrected chi connectivity index (χ3v) is 6.66. The van der Waals surface area contributed by atoms with Crippen LogP contribution in [0.15, 0.2) is 42.5 Å². The highest BCUT2D eigenvalue weighted by Crippen LogP contribution is 2.23. The Hall–Kier alpha value is -2.67. The van der Waals surface area contributed by atoms with Crippen LogP contribution in [0.1, 0.15) is 57.9 Å². The first-order valence-electron chi connectivity index (χ1n) is 12.4.